The van der Waals surface area contributed by atoms with E-state index >= 15 is 0 Å². The Bertz CT molecular complexity index is 664. The fourth-order valence-electron chi connectivity index (χ4n) is 1.94. The first-order valence-corrected chi connectivity index (χ1v) is 20.6. The van der Waals surface area contributed by atoms with Crippen LogP contribution in [0, 0.1) is 0 Å². The van der Waals surface area contributed by atoms with Gasteiger partial charge in [-0.05, 0) is 65.1 Å². The lowest BCUT2D eigenvalue weighted by molar-refractivity contribution is -0.117. The highest BCUT2D eigenvalue weighted by Gasteiger charge is 1.91. The summed E-state index contributed by atoms with van der Waals surface area (Å²) in [5.41, 5.74) is 22.1. The number of H-pyrrole nitrogens is 1. The molecule has 0 bridgehead atoms. The van der Waals surface area contributed by atoms with E-state index in [0.29, 0.717) is 12.5 Å². The van der Waals surface area contributed by atoms with Crippen LogP contribution in [0.1, 0.15) is 166 Å². The highest BCUT2D eigenvalue weighted by atomic mass is 33.1. The Kier molecular flexibility index (Phi) is 81.8. The van der Waals surface area contributed by atoms with Gasteiger partial charge in [0.1, 0.15) is 11.6 Å². The van der Waals surface area contributed by atoms with Gasteiger partial charge >= 0.3 is 0 Å². The number of rotatable bonds is 15. The molecule has 1 atom stereocenters. The minimum Gasteiger partial charge on any atom is -0.370 e. The summed E-state index contributed by atoms with van der Waals surface area (Å²) in [5.74, 6) is 2.98. The Hall–Kier alpha value is -1.49. The summed E-state index contributed by atoms with van der Waals surface area (Å²) < 4.78 is 0. The summed E-state index contributed by atoms with van der Waals surface area (Å²) >= 11 is 0. The molecule has 0 radical (unpaired) electrons. The molecule has 1 heterocycles. The summed E-state index contributed by atoms with van der Waals surface area (Å²) in [6.45, 7) is 27.9. The van der Waals surface area contributed by atoms with Crippen LogP contribution in [-0.4, -0.2) is 53.1 Å². The molecule has 0 aliphatic carbocycles. The molecule has 0 amide bonds. The van der Waals surface area contributed by atoms with Crippen molar-refractivity contribution in [3.05, 3.63) is 24.0 Å². The predicted molar refractivity (Wildman–Crippen MR) is 222 cm³/mol. The smallest absolute Gasteiger partial charge is 0.185 e. The Morgan fingerprint density at radius 1 is 0.809 bits per heavy atom. The van der Waals surface area contributed by atoms with Crippen molar-refractivity contribution < 1.29 is 9.59 Å². The van der Waals surface area contributed by atoms with Crippen LogP contribution in [0.5, 0.6) is 0 Å². The second-order valence-electron chi connectivity index (χ2n) is 10.6. The summed E-state index contributed by atoms with van der Waals surface area (Å²) in [7, 11) is 3.73. The number of nitrogens with two attached hydrogens (primary N) is 4. The molecule has 0 saturated carbocycles. The lowest BCUT2D eigenvalue weighted by Gasteiger charge is -2.00. The van der Waals surface area contributed by atoms with Crippen LogP contribution in [0.2, 0.25) is 0 Å². The van der Waals surface area contributed by atoms with Crippen LogP contribution in [0.4, 0.5) is 0 Å². The maximum atomic E-state index is 10.0. The van der Waals surface area contributed by atoms with Crippen molar-refractivity contribution in [2.45, 2.75) is 173 Å². The van der Waals surface area contributed by atoms with Crippen LogP contribution in [0.25, 0.3) is 0 Å². The number of unbranched alkanes of at least 4 members (excludes halogenated alkanes) is 4. The highest BCUT2D eigenvalue weighted by Crippen LogP contribution is 2.20. The molecule has 1 aromatic heterocycles. The van der Waals surface area contributed by atoms with E-state index in [0.717, 1.165) is 50.9 Å². The van der Waals surface area contributed by atoms with Gasteiger partial charge in [-0.2, -0.15) is 0 Å². The van der Waals surface area contributed by atoms with Crippen molar-refractivity contribution in [3.63, 3.8) is 0 Å². The van der Waals surface area contributed by atoms with E-state index in [1.165, 1.54) is 50.0 Å². The maximum Gasteiger partial charge on any atom is 0.185 e. The maximum absolute atomic E-state index is 10.0. The van der Waals surface area contributed by atoms with Crippen LogP contribution >= 0.6 is 21.6 Å². The van der Waals surface area contributed by atoms with Crippen LogP contribution in [0.15, 0.2) is 23.3 Å². The second-order valence-corrected chi connectivity index (χ2v) is 13.4. The third-order valence-corrected chi connectivity index (χ3v) is 7.47. The van der Waals surface area contributed by atoms with Crippen LogP contribution in [0.3, 0.4) is 0 Å². The van der Waals surface area contributed by atoms with Crippen molar-refractivity contribution in [3.8, 4) is 0 Å². The van der Waals surface area contributed by atoms with Gasteiger partial charge in [0.2, 0.25) is 0 Å². The van der Waals surface area contributed by atoms with E-state index < -0.39 is 0 Å². The number of nitrogens with zero attached hydrogens (tertiary/aromatic N) is 1. The van der Waals surface area contributed by atoms with Gasteiger partial charge in [0.05, 0.1) is 0 Å². The number of carbonyl (C=O) groups is 2. The fourth-order valence-corrected chi connectivity index (χ4v) is 3.85. The summed E-state index contributed by atoms with van der Waals surface area (Å²) in [6.07, 6.45) is 15.3. The topological polar surface area (TPSA) is 166 Å². The normalized spacial score (nSPS) is 9.26. The molecule has 0 aliphatic rings. The predicted octanol–water partition coefficient (Wildman–Crippen LogP) is 10.1. The number of carbonyl (C=O) groups excluding carboxylic acids is 2. The first-order chi connectivity index (χ1) is 22.3. The lowest BCUT2D eigenvalue weighted by atomic mass is 10.3. The Balaban J connectivity index is -0.0000000791. The molecular weight excluding hydrogens is 625 g/mol. The summed E-state index contributed by atoms with van der Waals surface area (Å²) in [6, 6.07) is 4.44. The van der Waals surface area contributed by atoms with Gasteiger partial charge in [-0.3, -0.25) is 4.99 Å². The summed E-state index contributed by atoms with van der Waals surface area (Å²) in [4.78, 5) is 26.7. The molecule has 10 heteroatoms. The van der Waals surface area contributed by atoms with Gasteiger partial charge in [-0.25, -0.2) is 0 Å². The zero-order valence-corrected chi connectivity index (χ0v) is 35.1. The van der Waals surface area contributed by atoms with E-state index in [4.69, 9.17) is 22.9 Å². The standard InChI is InChI=1S/C6H9N.C5H13N3.C5H13NS2.C5H13N.C5H10O.C4H8O.C4H10.C3H8/c1-2-6-4-3-5-7-6;1-2-3-4-8-5(6)7;1-3-7-8-4-5(2)6;1-2-3-4-5-6;1-3-4-5(2)6;1-3-4(2)5;1-3-4-2;1-3-2/h3-5,7H,2H2,1H3;2-4H2,1H3,(H4,6,7,8);5H,3-4,6H2,1-2H3;2-6H2,1H3;3-4H2,1-2H3;3H2,1-2H3;3-4H2,1-2H3;3H2,1-2H3. The molecule has 1 unspecified atom stereocenters. The third kappa shape index (κ3) is 114. The van der Waals surface area contributed by atoms with Gasteiger partial charge in [0.15, 0.2) is 5.96 Å². The van der Waals surface area contributed by atoms with Crippen molar-refractivity contribution in [1.82, 2.24) is 4.98 Å². The third-order valence-electron chi connectivity index (χ3n) is 4.79. The van der Waals surface area contributed by atoms with E-state index in [1.807, 2.05) is 54.6 Å². The molecule has 0 aromatic carbocycles. The SMILES string of the molecule is CCC.CCC(C)=O.CCCC.CCCC(C)=O.CCCCCN.CCCCN=C(N)N.CCSSCC(C)N.CCc1ccc[nH]1. The number of aryl methyl sites for hydroxylation is 1. The Labute approximate surface area is 302 Å². The zero-order chi connectivity index (χ0) is 38.2. The lowest BCUT2D eigenvalue weighted by Crippen LogP contribution is -2.22. The Morgan fingerprint density at radius 2 is 1.32 bits per heavy atom. The van der Waals surface area contributed by atoms with Crippen molar-refractivity contribution in [2.75, 3.05) is 24.6 Å². The number of hydrogen-bond acceptors (Lipinski definition) is 7. The van der Waals surface area contributed by atoms with Gasteiger partial charge < -0.3 is 37.5 Å². The monoisotopic (exact) mass is 709 g/mol. The molecule has 1 aromatic rings. The average molecular weight is 709 g/mol. The minimum atomic E-state index is 0.193. The molecule has 0 spiro atoms. The van der Waals surface area contributed by atoms with Crippen molar-refractivity contribution in [2.24, 2.45) is 27.9 Å². The molecule has 1 rings (SSSR count). The molecule has 0 saturated heterocycles. The van der Waals surface area contributed by atoms with Crippen molar-refractivity contribution >= 4 is 39.1 Å². The quantitative estimate of drug-likeness (QED) is 0.0519. The number of aliphatic imine (C=N–C) groups is 1. The fraction of sp³-hybridized carbons (Fsp3) is 0.811. The largest absolute Gasteiger partial charge is 0.370 e. The number of guanidine groups is 1. The number of Topliss-reactive ketones (excluding diaryl/α,β-unsaturated/α-hetero) is 2. The zero-order valence-electron chi connectivity index (χ0n) is 33.5. The first-order valence-electron chi connectivity index (χ1n) is 18.1. The number of nitrogens with one attached hydrogen (secondary N) is 1. The summed E-state index contributed by atoms with van der Waals surface area (Å²) in [5, 5.41) is 0. The second kappa shape index (κ2) is 63.2. The molecule has 0 fully saturated rings. The number of ketones is 2. The van der Waals surface area contributed by atoms with Gasteiger partial charge in [-0.15, -0.1) is 0 Å². The minimum absolute atomic E-state index is 0.193. The molecular formula is C37H84N6O2S2. The number of hydrogen-bond donors (Lipinski definition) is 5. The van der Waals surface area contributed by atoms with E-state index in [2.05, 4.69) is 71.4 Å². The average Bonchev–Trinajstić information content (AvgIpc) is 3.56. The van der Waals surface area contributed by atoms with E-state index in [1.54, 1.807) is 13.8 Å². The molecule has 286 valence electrons. The number of aromatic amines is 1. The van der Waals surface area contributed by atoms with E-state index in [-0.39, 0.29) is 17.5 Å². The molecule has 0 aliphatic heterocycles. The van der Waals surface area contributed by atoms with Crippen LogP contribution in [-0.2, 0) is 16.0 Å². The van der Waals surface area contributed by atoms with E-state index in [9.17, 15) is 9.59 Å². The highest BCUT2D eigenvalue weighted by molar-refractivity contribution is 8.76. The number of aromatic nitrogens is 1. The molecule has 9 N–H and O–H groups in total. The Morgan fingerprint density at radius 3 is 1.51 bits per heavy atom. The van der Waals surface area contributed by atoms with Gasteiger partial charge in [0, 0.05) is 48.8 Å². The van der Waals surface area contributed by atoms with Crippen LogP contribution < -0.4 is 22.9 Å². The van der Waals surface area contributed by atoms with Gasteiger partial charge in [-0.1, -0.05) is 129 Å². The molecule has 8 nitrogen and oxygen atoms in total. The first kappa shape index (κ1) is 60.8. The van der Waals surface area contributed by atoms with Crippen molar-refractivity contribution in [1.29, 1.82) is 0 Å². The molecule has 47 heavy (non-hydrogen) atoms. The van der Waals surface area contributed by atoms with Gasteiger partial charge in [0.25, 0.3) is 0 Å².